The molecule has 408 valence electrons. The Morgan fingerprint density at radius 1 is 0.605 bits per heavy atom. The predicted octanol–water partition coefficient (Wildman–Crippen LogP) is 15.3. The van der Waals surface area contributed by atoms with Gasteiger partial charge in [0.15, 0.2) is 0 Å². The molecule has 0 bridgehead atoms. The molecule has 76 heavy (non-hydrogen) atoms. The summed E-state index contributed by atoms with van der Waals surface area (Å²) < 4.78 is 25.2. The Hall–Kier alpha value is -4.42. The normalized spacial score (nSPS) is 33.8. The van der Waals surface area contributed by atoms with Gasteiger partial charge >= 0.3 is 11.9 Å². The highest BCUT2D eigenvalue weighted by molar-refractivity contribution is 9.10. The van der Waals surface area contributed by atoms with E-state index in [9.17, 15) is 19.8 Å². The molecule has 6 aliphatic rings. The maximum Gasteiger partial charge on any atom is 0.331 e. The summed E-state index contributed by atoms with van der Waals surface area (Å²) in [6.07, 6.45) is 37.4. The standard InChI is InChI=1S/2C33H41BrO4/c2*1-6-23(3)31-32(5,38-31)33(36)24(4)20-26-19-22(2)13-18-28(26)29(33)11-9-7-8-10-12-30(35)37-21-25-14-16-27(34)17-15-25/h2*7-17,20,23,26,28-29,31,36H,6,18-19,21H2,1-5H3/b2*8-7+,11-9+,12-10+/t2*23-,26+,28-,29+,31-,32+,33+/m11/s1. The van der Waals surface area contributed by atoms with Gasteiger partial charge in [-0.2, -0.15) is 0 Å². The predicted molar refractivity (Wildman–Crippen MR) is 313 cm³/mol. The van der Waals surface area contributed by atoms with Crippen molar-refractivity contribution in [3.8, 4) is 0 Å². The molecule has 8 rings (SSSR count). The number of allylic oxidation sites excluding steroid dienone is 14. The van der Waals surface area contributed by atoms with Crippen molar-refractivity contribution in [3.63, 3.8) is 0 Å². The zero-order valence-electron chi connectivity index (χ0n) is 46.4. The topological polar surface area (TPSA) is 118 Å². The van der Waals surface area contributed by atoms with Crippen LogP contribution in [0.1, 0.15) is 119 Å². The minimum atomic E-state index is -1.06. The number of benzene rings is 2. The molecule has 0 aromatic heterocycles. The first-order valence-corrected chi connectivity index (χ1v) is 29.1. The molecule has 14 atom stereocenters. The van der Waals surface area contributed by atoms with E-state index in [1.807, 2.05) is 85.0 Å². The number of esters is 2. The number of epoxide rings is 2. The highest BCUT2D eigenvalue weighted by Crippen LogP contribution is 2.62. The molecule has 10 heteroatoms. The van der Waals surface area contributed by atoms with Crippen LogP contribution in [0, 0.1) is 47.3 Å². The summed E-state index contributed by atoms with van der Waals surface area (Å²) in [6.45, 7) is 22.0. The van der Waals surface area contributed by atoms with Gasteiger partial charge in [0.1, 0.15) is 35.6 Å². The monoisotopic (exact) mass is 1160 g/mol. The van der Waals surface area contributed by atoms with Crippen LogP contribution in [0.5, 0.6) is 0 Å². The Bertz CT molecular complexity index is 2500. The van der Waals surface area contributed by atoms with Crippen LogP contribution in [-0.2, 0) is 41.8 Å². The van der Waals surface area contributed by atoms with Gasteiger partial charge in [-0.15, -0.1) is 0 Å². The first-order valence-electron chi connectivity index (χ1n) is 27.5. The molecular formula is C66H82Br2O8. The smallest absolute Gasteiger partial charge is 0.331 e. The van der Waals surface area contributed by atoms with Gasteiger partial charge in [0.2, 0.25) is 0 Å². The van der Waals surface area contributed by atoms with Gasteiger partial charge in [-0.05, 0) is 149 Å². The van der Waals surface area contributed by atoms with Crippen molar-refractivity contribution in [1.82, 2.24) is 0 Å². The third kappa shape index (κ3) is 13.2. The van der Waals surface area contributed by atoms with Crippen molar-refractivity contribution < 1.29 is 38.7 Å². The summed E-state index contributed by atoms with van der Waals surface area (Å²) >= 11 is 6.80. The molecular weight excluding hydrogens is 1080 g/mol. The van der Waals surface area contributed by atoms with Gasteiger partial charge in [0.25, 0.3) is 0 Å². The lowest BCUT2D eigenvalue weighted by atomic mass is 9.56. The molecule has 2 N–H and O–H groups in total. The minimum Gasteiger partial charge on any atom is -0.458 e. The third-order valence-corrected chi connectivity index (χ3v) is 18.7. The summed E-state index contributed by atoms with van der Waals surface area (Å²) in [5.41, 5.74) is 3.46. The first kappa shape index (κ1) is 59.2. The van der Waals surface area contributed by atoms with E-state index in [1.165, 1.54) is 23.3 Å². The molecule has 4 aliphatic carbocycles. The van der Waals surface area contributed by atoms with E-state index in [4.69, 9.17) is 18.9 Å². The molecule has 0 amide bonds. The van der Waals surface area contributed by atoms with Crippen molar-refractivity contribution in [2.75, 3.05) is 0 Å². The molecule has 0 saturated carbocycles. The average Bonchev–Trinajstić information content (AvgIpc) is 4.35. The molecule has 2 heterocycles. The number of hydrogen-bond donors (Lipinski definition) is 2. The van der Waals surface area contributed by atoms with E-state index < -0.39 is 22.4 Å². The van der Waals surface area contributed by atoms with Crippen molar-refractivity contribution in [3.05, 3.63) is 188 Å². The highest BCUT2D eigenvalue weighted by Gasteiger charge is 2.72. The van der Waals surface area contributed by atoms with Crippen molar-refractivity contribution in [2.24, 2.45) is 47.3 Å². The summed E-state index contributed by atoms with van der Waals surface area (Å²) in [6, 6.07) is 15.4. The second-order valence-corrected chi connectivity index (χ2v) is 24.5. The Morgan fingerprint density at radius 3 is 1.32 bits per heavy atom. The van der Waals surface area contributed by atoms with E-state index in [2.05, 4.69) is 138 Å². The van der Waals surface area contributed by atoms with Crippen LogP contribution < -0.4 is 0 Å². The molecule has 0 unspecified atom stereocenters. The SMILES string of the molecule is CC[C@@H](C)[C@H]1O[C@]1(C)[C@]1(O)C(C)=C[C@@H]2CC(C)=CC[C@H]2[C@@H]1/C=C/C=C/C=C/C(=O)OCc1ccc(Br)cc1.CC[C@@H](C)[C@H]1O[C@]1(C)[C@]1(O)C(C)=C[C@@H]2CC(C)=CC[C@H]2[C@@H]1/C=C/C=C/C=C/C(=O)OCc1ccc(Br)cc1. The number of ether oxygens (including phenoxy) is 4. The van der Waals surface area contributed by atoms with Crippen LogP contribution in [0.4, 0.5) is 0 Å². The van der Waals surface area contributed by atoms with E-state index in [0.29, 0.717) is 35.5 Å². The van der Waals surface area contributed by atoms with E-state index >= 15 is 0 Å². The Morgan fingerprint density at radius 2 is 0.961 bits per heavy atom. The lowest BCUT2D eigenvalue weighted by Crippen LogP contribution is -2.57. The summed E-state index contributed by atoms with van der Waals surface area (Å²) in [7, 11) is 0. The Kier molecular flexibility index (Phi) is 19.9. The number of hydrogen-bond acceptors (Lipinski definition) is 8. The van der Waals surface area contributed by atoms with Crippen molar-refractivity contribution in [2.45, 2.75) is 156 Å². The van der Waals surface area contributed by atoms with Gasteiger partial charge in [-0.1, -0.05) is 193 Å². The number of halogens is 2. The minimum absolute atomic E-state index is 0.0519. The van der Waals surface area contributed by atoms with Crippen LogP contribution >= 0.6 is 31.9 Å². The number of aliphatic hydroxyl groups is 2. The highest BCUT2D eigenvalue weighted by atomic mass is 79.9. The second kappa shape index (κ2) is 25.6. The zero-order valence-corrected chi connectivity index (χ0v) is 49.6. The van der Waals surface area contributed by atoms with E-state index in [1.54, 1.807) is 12.2 Å². The van der Waals surface area contributed by atoms with Gasteiger partial charge in [-0.3, -0.25) is 0 Å². The number of rotatable bonds is 18. The van der Waals surface area contributed by atoms with Gasteiger partial charge in [-0.25, -0.2) is 9.59 Å². The van der Waals surface area contributed by atoms with Crippen molar-refractivity contribution >= 4 is 43.8 Å². The Labute approximate surface area is 470 Å². The largest absolute Gasteiger partial charge is 0.458 e. The lowest BCUT2D eigenvalue weighted by molar-refractivity contribution is -0.139. The van der Waals surface area contributed by atoms with Crippen LogP contribution in [0.25, 0.3) is 0 Å². The second-order valence-electron chi connectivity index (χ2n) is 22.7. The zero-order chi connectivity index (χ0) is 55.0. The third-order valence-electron chi connectivity index (χ3n) is 17.6. The molecule has 0 spiro atoms. The fourth-order valence-electron chi connectivity index (χ4n) is 12.8. The molecule has 0 radical (unpaired) electrons. The fraction of sp³-hybridized carbons (Fsp3) is 0.485. The lowest BCUT2D eigenvalue weighted by Gasteiger charge is -2.50. The van der Waals surface area contributed by atoms with Crippen LogP contribution in [0.2, 0.25) is 0 Å². The molecule has 2 fully saturated rings. The maximum atomic E-state index is 12.4. The Balaban J connectivity index is 0.000000221. The average molecular weight is 1160 g/mol. The molecule has 2 aliphatic heterocycles. The first-order chi connectivity index (χ1) is 36.2. The van der Waals surface area contributed by atoms with Crippen LogP contribution in [0.15, 0.2) is 177 Å². The number of carbonyl (C=O) groups is 2. The maximum absolute atomic E-state index is 12.4. The van der Waals surface area contributed by atoms with Crippen LogP contribution in [-0.4, -0.2) is 56.8 Å². The van der Waals surface area contributed by atoms with E-state index in [0.717, 1.165) is 69.7 Å². The summed E-state index contributed by atoms with van der Waals surface area (Å²) in [5.74, 6) is 1.36. The molecule has 2 aromatic rings. The molecule has 8 nitrogen and oxygen atoms in total. The fourth-order valence-corrected chi connectivity index (χ4v) is 13.3. The summed E-state index contributed by atoms with van der Waals surface area (Å²) in [5, 5.41) is 24.8. The summed E-state index contributed by atoms with van der Waals surface area (Å²) in [4.78, 5) is 24.1. The van der Waals surface area contributed by atoms with Crippen molar-refractivity contribution in [1.29, 1.82) is 0 Å². The molecule has 2 saturated heterocycles. The van der Waals surface area contributed by atoms with Gasteiger partial charge in [0, 0.05) is 32.9 Å². The number of carbonyl (C=O) groups excluding carboxylic acids is 2. The number of fused-ring (bicyclic) bond motifs is 2. The van der Waals surface area contributed by atoms with Crippen LogP contribution in [0.3, 0.4) is 0 Å². The van der Waals surface area contributed by atoms with Gasteiger partial charge < -0.3 is 29.2 Å². The quantitative estimate of drug-likeness (QED) is 0.0498. The van der Waals surface area contributed by atoms with E-state index in [-0.39, 0.29) is 49.2 Å². The van der Waals surface area contributed by atoms with Gasteiger partial charge in [0.05, 0.1) is 12.2 Å². The molecule has 2 aromatic carbocycles.